The number of ether oxygens (including phenoxy) is 1. The number of primary amides is 1. The number of rotatable bonds is 6. The molecule has 2 aromatic rings. The molecular formula is C16H18N2O2. The van der Waals surface area contributed by atoms with E-state index in [1.165, 1.54) is 11.1 Å². The van der Waals surface area contributed by atoms with Gasteiger partial charge in [-0.05, 0) is 36.8 Å². The van der Waals surface area contributed by atoms with Crippen molar-refractivity contribution in [2.75, 3.05) is 11.9 Å². The van der Waals surface area contributed by atoms with E-state index in [1.54, 1.807) is 12.1 Å². The van der Waals surface area contributed by atoms with Crippen LogP contribution in [0, 0.1) is 6.92 Å². The number of hydrogen-bond acceptors (Lipinski definition) is 3. The zero-order chi connectivity index (χ0) is 14.4. The Morgan fingerprint density at radius 1 is 1.10 bits per heavy atom. The monoisotopic (exact) mass is 270 g/mol. The lowest BCUT2D eigenvalue weighted by molar-refractivity contribution is -0.119. The number of nitrogens with two attached hydrogens (primary N) is 1. The summed E-state index contributed by atoms with van der Waals surface area (Å²) in [7, 11) is 0. The Balaban J connectivity index is 1.87. The summed E-state index contributed by atoms with van der Waals surface area (Å²) in [5.74, 6) is 0.149. The van der Waals surface area contributed by atoms with Gasteiger partial charge in [0.25, 0.3) is 5.91 Å². The van der Waals surface area contributed by atoms with Crippen LogP contribution < -0.4 is 15.8 Å². The highest BCUT2D eigenvalue weighted by atomic mass is 16.5. The molecule has 0 spiro atoms. The molecule has 2 rings (SSSR count). The van der Waals surface area contributed by atoms with Crippen LogP contribution in [0.2, 0.25) is 0 Å². The molecule has 0 saturated carbocycles. The van der Waals surface area contributed by atoms with Gasteiger partial charge in [-0.3, -0.25) is 4.79 Å². The highest BCUT2D eigenvalue weighted by molar-refractivity contribution is 5.75. The molecule has 0 unspecified atom stereocenters. The number of benzene rings is 2. The Morgan fingerprint density at radius 3 is 2.35 bits per heavy atom. The molecule has 0 fully saturated rings. The van der Waals surface area contributed by atoms with Gasteiger partial charge in [0.15, 0.2) is 6.61 Å². The summed E-state index contributed by atoms with van der Waals surface area (Å²) in [6.07, 6.45) is 0. The van der Waals surface area contributed by atoms with Gasteiger partial charge in [-0.2, -0.15) is 0 Å². The molecule has 4 nitrogen and oxygen atoms in total. The molecular weight excluding hydrogens is 252 g/mol. The molecule has 4 heteroatoms. The molecule has 0 aromatic heterocycles. The maximum absolute atomic E-state index is 10.6. The van der Waals surface area contributed by atoms with Crippen LogP contribution in [0.3, 0.4) is 0 Å². The summed E-state index contributed by atoms with van der Waals surface area (Å²) < 4.78 is 5.20. The van der Waals surface area contributed by atoms with Gasteiger partial charge in [0, 0.05) is 12.2 Å². The van der Waals surface area contributed by atoms with E-state index < -0.39 is 5.91 Å². The second-order valence-electron chi connectivity index (χ2n) is 4.62. The van der Waals surface area contributed by atoms with Gasteiger partial charge in [0.2, 0.25) is 0 Å². The van der Waals surface area contributed by atoms with Crippen molar-refractivity contribution in [3.05, 3.63) is 59.7 Å². The zero-order valence-corrected chi connectivity index (χ0v) is 11.4. The lowest BCUT2D eigenvalue weighted by Gasteiger charge is -2.08. The molecule has 2 aromatic carbocycles. The van der Waals surface area contributed by atoms with E-state index in [1.807, 2.05) is 12.1 Å². The summed E-state index contributed by atoms with van der Waals surface area (Å²) in [5.41, 5.74) is 8.49. The lowest BCUT2D eigenvalue weighted by atomic mass is 10.1. The first-order chi connectivity index (χ1) is 9.63. The van der Waals surface area contributed by atoms with Crippen molar-refractivity contribution in [1.82, 2.24) is 0 Å². The SMILES string of the molecule is Cc1ccc(CNc2ccc(OCC(N)=O)cc2)cc1. The van der Waals surface area contributed by atoms with Crippen LogP contribution in [0.5, 0.6) is 5.75 Å². The Hall–Kier alpha value is -2.49. The molecule has 0 aliphatic carbocycles. The van der Waals surface area contributed by atoms with E-state index in [-0.39, 0.29) is 6.61 Å². The third-order valence-electron chi connectivity index (χ3n) is 2.85. The molecule has 0 radical (unpaired) electrons. The first kappa shape index (κ1) is 13.9. The Kier molecular flexibility index (Phi) is 4.60. The van der Waals surface area contributed by atoms with Gasteiger partial charge in [-0.25, -0.2) is 0 Å². The van der Waals surface area contributed by atoms with E-state index in [0.717, 1.165) is 12.2 Å². The second kappa shape index (κ2) is 6.61. The average molecular weight is 270 g/mol. The van der Waals surface area contributed by atoms with Crippen LogP contribution in [0.4, 0.5) is 5.69 Å². The fourth-order valence-electron chi connectivity index (χ4n) is 1.73. The van der Waals surface area contributed by atoms with E-state index >= 15 is 0 Å². The maximum Gasteiger partial charge on any atom is 0.255 e. The van der Waals surface area contributed by atoms with Gasteiger partial charge >= 0.3 is 0 Å². The minimum absolute atomic E-state index is 0.101. The Labute approximate surface area is 118 Å². The molecule has 0 saturated heterocycles. The molecule has 0 aliphatic heterocycles. The minimum Gasteiger partial charge on any atom is -0.484 e. The van der Waals surface area contributed by atoms with Crippen molar-refractivity contribution in [2.24, 2.45) is 5.73 Å². The number of nitrogens with one attached hydrogen (secondary N) is 1. The fourth-order valence-corrected chi connectivity index (χ4v) is 1.73. The maximum atomic E-state index is 10.6. The number of carbonyl (C=O) groups is 1. The molecule has 0 heterocycles. The highest BCUT2D eigenvalue weighted by Crippen LogP contribution is 2.16. The summed E-state index contributed by atoms with van der Waals surface area (Å²) in [5, 5.41) is 3.33. The summed E-state index contributed by atoms with van der Waals surface area (Å²) in [4.78, 5) is 10.6. The van der Waals surface area contributed by atoms with Crippen molar-refractivity contribution < 1.29 is 9.53 Å². The van der Waals surface area contributed by atoms with Crippen molar-refractivity contribution >= 4 is 11.6 Å². The van der Waals surface area contributed by atoms with Gasteiger partial charge in [0.1, 0.15) is 5.75 Å². The van der Waals surface area contributed by atoms with Crippen LogP contribution in [-0.2, 0) is 11.3 Å². The number of anilines is 1. The van der Waals surface area contributed by atoms with Gasteiger partial charge < -0.3 is 15.8 Å². The number of hydrogen-bond donors (Lipinski definition) is 2. The van der Waals surface area contributed by atoms with Crippen molar-refractivity contribution in [2.45, 2.75) is 13.5 Å². The predicted octanol–water partition coefficient (Wildman–Crippen LogP) is 2.47. The summed E-state index contributed by atoms with van der Waals surface area (Å²) in [6, 6.07) is 15.8. The smallest absolute Gasteiger partial charge is 0.255 e. The first-order valence-electron chi connectivity index (χ1n) is 6.44. The third-order valence-corrected chi connectivity index (χ3v) is 2.85. The number of aryl methyl sites for hydroxylation is 1. The largest absolute Gasteiger partial charge is 0.484 e. The van der Waals surface area contributed by atoms with Gasteiger partial charge in [-0.15, -0.1) is 0 Å². The molecule has 20 heavy (non-hydrogen) atoms. The van der Waals surface area contributed by atoms with Crippen LogP contribution in [0.25, 0.3) is 0 Å². The van der Waals surface area contributed by atoms with Gasteiger partial charge in [-0.1, -0.05) is 29.8 Å². The topological polar surface area (TPSA) is 64.3 Å². The molecule has 104 valence electrons. The van der Waals surface area contributed by atoms with Crippen LogP contribution in [0.1, 0.15) is 11.1 Å². The van der Waals surface area contributed by atoms with Crippen molar-refractivity contribution in [3.8, 4) is 5.75 Å². The Morgan fingerprint density at radius 2 is 1.75 bits per heavy atom. The number of carbonyl (C=O) groups excluding carboxylic acids is 1. The molecule has 3 N–H and O–H groups in total. The second-order valence-corrected chi connectivity index (χ2v) is 4.62. The van der Waals surface area contributed by atoms with Crippen LogP contribution >= 0.6 is 0 Å². The van der Waals surface area contributed by atoms with E-state index in [4.69, 9.17) is 10.5 Å². The van der Waals surface area contributed by atoms with Crippen molar-refractivity contribution in [1.29, 1.82) is 0 Å². The average Bonchev–Trinajstić information content (AvgIpc) is 2.45. The highest BCUT2D eigenvalue weighted by Gasteiger charge is 1.98. The predicted molar refractivity (Wildman–Crippen MR) is 79.6 cm³/mol. The number of amides is 1. The van der Waals surface area contributed by atoms with Crippen LogP contribution in [0.15, 0.2) is 48.5 Å². The molecule has 1 amide bonds. The Bertz CT molecular complexity index is 562. The van der Waals surface area contributed by atoms with Crippen LogP contribution in [-0.4, -0.2) is 12.5 Å². The van der Waals surface area contributed by atoms with Crippen molar-refractivity contribution in [3.63, 3.8) is 0 Å². The fraction of sp³-hybridized carbons (Fsp3) is 0.188. The molecule has 0 atom stereocenters. The zero-order valence-electron chi connectivity index (χ0n) is 11.4. The quantitative estimate of drug-likeness (QED) is 0.847. The van der Waals surface area contributed by atoms with Gasteiger partial charge in [0.05, 0.1) is 0 Å². The molecule has 0 aliphatic rings. The first-order valence-corrected chi connectivity index (χ1v) is 6.44. The normalized spacial score (nSPS) is 10.1. The summed E-state index contributed by atoms with van der Waals surface area (Å²) in [6.45, 7) is 2.74. The van der Waals surface area contributed by atoms with E-state index in [2.05, 4.69) is 36.5 Å². The molecule has 0 bridgehead atoms. The summed E-state index contributed by atoms with van der Waals surface area (Å²) >= 11 is 0. The van der Waals surface area contributed by atoms with E-state index in [0.29, 0.717) is 5.75 Å². The standard InChI is InChI=1S/C16H18N2O2/c1-12-2-4-13(5-3-12)10-18-14-6-8-15(9-7-14)20-11-16(17)19/h2-9,18H,10-11H2,1H3,(H2,17,19). The minimum atomic E-state index is -0.480. The third kappa shape index (κ3) is 4.31. The lowest BCUT2D eigenvalue weighted by Crippen LogP contribution is -2.19. The van der Waals surface area contributed by atoms with E-state index in [9.17, 15) is 4.79 Å².